The van der Waals surface area contributed by atoms with Crippen molar-refractivity contribution in [2.24, 2.45) is 5.92 Å². The molecule has 0 saturated carbocycles. The predicted molar refractivity (Wildman–Crippen MR) is 68.3 cm³/mol. The van der Waals surface area contributed by atoms with E-state index >= 15 is 0 Å². The zero-order chi connectivity index (χ0) is 12.8. The van der Waals surface area contributed by atoms with Gasteiger partial charge in [-0.25, -0.2) is 8.42 Å². The number of hydrogen-bond donors (Lipinski definition) is 0. The van der Waals surface area contributed by atoms with Crippen molar-refractivity contribution in [3.63, 3.8) is 0 Å². The lowest BCUT2D eigenvalue weighted by Gasteiger charge is -2.16. The molecule has 0 N–H and O–H groups in total. The minimum absolute atomic E-state index is 0.205. The lowest BCUT2D eigenvalue weighted by molar-refractivity contribution is 0.419. The molecule has 0 amide bonds. The Kier molecular flexibility index (Phi) is 2.83. The van der Waals surface area contributed by atoms with E-state index in [2.05, 4.69) is 13.8 Å². The largest absolute Gasteiger partial charge is 0.243 e. The fourth-order valence-electron chi connectivity index (χ4n) is 1.92. The number of sulfonamides is 1. The average molecular weight is 253 g/mol. The Balaban J connectivity index is 2.31. The first-order chi connectivity index (χ1) is 7.78. The Hall–Kier alpha value is -0.870. The van der Waals surface area contributed by atoms with E-state index in [0.29, 0.717) is 17.4 Å². The van der Waals surface area contributed by atoms with Gasteiger partial charge >= 0.3 is 0 Å². The van der Waals surface area contributed by atoms with Crippen molar-refractivity contribution in [3.8, 4) is 0 Å². The molecule has 0 bridgehead atoms. The SMILES string of the molecule is Cc1ccc(S(=O)(=O)N2C[C@]2(C)C(C)C)cc1. The third-order valence-corrected chi connectivity index (χ3v) is 5.78. The van der Waals surface area contributed by atoms with Gasteiger partial charge in [0.05, 0.1) is 4.90 Å². The summed E-state index contributed by atoms with van der Waals surface area (Å²) in [6.07, 6.45) is 0. The number of rotatable bonds is 3. The van der Waals surface area contributed by atoms with Crippen LogP contribution in [0.5, 0.6) is 0 Å². The van der Waals surface area contributed by atoms with Gasteiger partial charge in [0.1, 0.15) is 0 Å². The summed E-state index contributed by atoms with van der Waals surface area (Å²) < 4.78 is 26.3. The van der Waals surface area contributed by atoms with E-state index in [1.54, 1.807) is 16.4 Å². The normalized spacial score (nSPS) is 28.4. The molecule has 1 aromatic carbocycles. The molecule has 0 aliphatic carbocycles. The third-order valence-electron chi connectivity index (χ3n) is 3.78. The quantitative estimate of drug-likeness (QED) is 0.776. The van der Waals surface area contributed by atoms with Gasteiger partial charge in [-0.2, -0.15) is 4.31 Å². The van der Waals surface area contributed by atoms with Crippen molar-refractivity contribution in [1.29, 1.82) is 0 Å². The molecule has 2 atom stereocenters. The number of hydrogen-bond acceptors (Lipinski definition) is 2. The lowest BCUT2D eigenvalue weighted by atomic mass is 9.99. The zero-order valence-corrected chi connectivity index (χ0v) is 11.6. The van der Waals surface area contributed by atoms with Crippen molar-refractivity contribution >= 4 is 10.0 Å². The summed E-state index contributed by atoms with van der Waals surface area (Å²) >= 11 is 0. The van der Waals surface area contributed by atoms with E-state index in [0.717, 1.165) is 5.56 Å². The van der Waals surface area contributed by atoms with Crippen LogP contribution in [0.4, 0.5) is 0 Å². The Morgan fingerprint density at radius 2 is 1.76 bits per heavy atom. The highest BCUT2D eigenvalue weighted by molar-refractivity contribution is 7.89. The van der Waals surface area contributed by atoms with E-state index in [1.807, 2.05) is 26.0 Å². The van der Waals surface area contributed by atoms with Crippen LogP contribution >= 0.6 is 0 Å². The maximum atomic E-state index is 12.4. The number of nitrogens with zero attached hydrogens (tertiary/aromatic N) is 1. The van der Waals surface area contributed by atoms with E-state index in [4.69, 9.17) is 0 Å². The molecule has 1 unspecified atom stereocenters. The second-order valence-corrected chi connectivity index (χ2v) is 7.20. The van der Waals surface area contributed by atoms with Gasteiger partial charge in [0, 0.05) is 12.1 Å². The van der Waals surface area contributed by atoms with E-state index in [-0.39, 0.29) is 5.54 Å². The highest BCUT2D eigenvalue weighted by Crippen LogP contribution is 2.43. The van der Waals surface area contributed by atoms with Crippen LogP contribution in [0.2, 0.25) is 0 Å². The summed E-state index contributed by atoms with van der Waals surface area (Å²) in [7, 11) is -3.30. The van der Waals surface area contributed by atoms with E-state index in [1.165, 1.54) is 0 Å². The minimum Gasteiger partial charge on any atom is -0.207 e. The Bertz CT molecular complexity index is 519. The molecule has 0 aromatic heterocycles. The Morgan fingerprint density at radius 1 is 1.24 bits per heavy atom. The molecule has 1 fully saturated rings. The molecule has 1 aliphatic heterocycles. The van der Waals surface area contributed by atoms with Crippen molar-refractivity contribution in [1.82, 2.24) is 4.31 Å². The van der Waals surface area contributed by atoms with Crippen LogP contribution in [0.15, 0.2) is 29.2 Å². The second kappa shape index (κ2) is 3.82. The zero-order valence-electron chi connectivity index (χ0n) is 10.8. The molecular weight excluding hydrogens is 234 g/mol. The molecule has 0 radical (unpaired) electrons. The smallest absolute Gasteiger partial charge is 0.207 e. The summed E-state index contributed by atoms with van der Waals surface area (Å²) in [6.45, 7) is 8.70. The topological polar surface area (TPSA) is 37.1 Å². The average Bonchev–Trinajstić information content (AvgIpc) is 2.94. The summed E-state index contributed by atoms with van der Waals surface area (Å²) in [4.78, 5) is 0.396. The first-order valence-corrected chi connectivity index (χ1v) is 7.32. The van der Waals surface area contributed by atoms with Gasteiger partial charge in [-0.1, -0.05) is 31.5 Å². The van der Waals surface area contributed by atoms with Crippen LogP contribution in [-0.4, -0.2) is 24.8 Å². The molecule has 1 heterocycles. The molecular formula is C13H19NO2S. The molecule has 0 spiro atoms. The van der Waals surface area contributed by atoms with Crippen molar-refractivity contribution in [2.45, 2.75) is 38.1 Å². The van der Waals surface area contributed by atoms with Gasteiger partial charge < -0.3 is 0 Å². The monoisotopic (exact) mass is 253 g/mol. The van der Waals surface area contributed by atoms with Crippen molar-refractivity contribution in [2.75, 3.05) is 6.54 Å². The highest BCUT2D eigenvalue weighted by Gasteiger charge is 2.56. The highest BCUT2D eigenvalue weighted by atomic mass is 32.2. The second-order valence-electron chi connectivity index (χ2n) is 5.34. The maximum absolute atomic E-state index is 12.4. The molecule has 94 valence electrons. The summed E-state index contributed by atoms with van der Waals surface area (Å²) in [5, 5.41) is 0. The number of benzene rings is 1. The molecule has 2 rings (SSSR count). The van der Waals surface area contributed by atoms with Crippen molar-refractivity contribution in [3.05, 3.63) is 29.8 Å². The van der Waals surface area contributed by atoms with E-state index < -0.39 is 10.0 Å². The standard InChI is InChI=1S/C13H19NO2S/c1-10(2)13(4)9-14(13)17(15,16)12-7-5-11(3)6-8-12/h5-8,10H,9H2,1-4H3/t13-,14?/m1/s1. The third kappa shape index (κ3) is 2.00. The first kappa shape index (κ1) is 12.6. The van der Waals surface area contributed by atoms with Crippen LogP contribution in [0.25, 0.3) is 0 Å². The van der Waals surface area contributed by atoms with Gasteiger partial charge in [0.2, 0.25) is 10.0 Å². The van der Waals surface area contributed by atoms with Gasteiger partial charge in [-0.3, -0.25) is 0 Å². The van der Waals surface area contributed by atoms with Crippen LogP contribution < -0.4 is 0 Å². The molecule has 1 aromatic rings. The fraction of sp³-hybridized carbons (Fsp3) is 0.538. The van der Waals surface area contributed by atoms with Gasteiger partial charge in [-0.05, 0) is 31.9 Å². The number of aryl methyl sites for hydroxylation is 1. The van der Waals surface area contributed by atoms with Gasteiger partial charge in [0.25, 0.3) is 0 Å². The maximum Gasteiger partial charge on any atom is 0.243 e. The predicted octanol–water partition coefficient (Wildman–Crippen LogP) is 2.41. The lowest BCUT2D eigenvalue weighted by Crippen LogP contribution is -2.25. The van der Waals surface area contributed by atoms with Crippen LogP contribution in [-0.2, 0) is 10.0 Å². The van der Waals surface area contributed by atoms with Gasteiger partial charge in [0.15, 0.2) is 0 Å². The molecule has 3 nitrogen and oxygen atoms in total. The van der Waals surface area contributed by atoms with Gasteiger partial charge in [-0.15, -0.1) is 0 Å². The Morgan fingerprint density at radius 3 is 2.18 bits per heavy atom. The summed E-state index contributed by atoms with van der Waals surface area (Å²) in [5.74, 6) is 0.336. The minimum atomic E-state index is -3.30. The fourth-order valence-corrected chi connectivity index (χ4v) is 3.85. The van der Waals surface area contributed by atoms with E-state index in [9.17, 15) is 8.42 Å². The molecule has 1 aliphatic rings. The molecule has 17 heavy (non-hydrogen) atoms. The molecule has 4 heteroatoms. The first-order valence-electron chi connectivity index (χ1n) is 5.88. The van der Waals surface area contributed by atoms with Crippen molar-refractivity contribution < 1.29 is 8.42 Å². The van der Waals surface area contributed by atoms with Crippen LogP contribution in [0, 0.1) is 12.8 Å². The molecule has 1 saturated heterocycles. The summed E-state index contributed by atoms with van der Waals surface area (Å²) in [6, 6.07) is 7.04. The van der Waals surface area contributed by atoms with Crippen LogP contribution in [0.1, 0.15) is 26.3 Å². The summed E-state index contributed by atoms with van der Waals surface area (Å²) in [5.41, 5.74) is 0.866. The van der Waals surface area contributed by atoms with Crippen LogP contribution in [0.3, 0.4) is 0 Å². The Labute approximate surface area is 104 Å².